The number of aryl methyl sites for hydroxylation is 1. The molecule has 0 spiro atoms. The predicted octanol–water partition coefficient (Wildman–Crippen LogP) is 1.47. The largest absolute Gasteiger partial charge is 0.355 e. The third-order valence-corrected chi connectivity index (χ3v) is 4.28. The first-order valence-electron chi connectivity index (χ1n) is 6.79. The van der Waals surface area contributed by atoms with Crippen molar-refractivity contribution in [3.8, 4) is 0 Å². The molecule has 3 rings (SSSR count). The average Bonchev–Trinajstić information content (AvgIpc) is 3.05. The summed E-state index contributed by atoms with van der Waals surface area (Å²) in [7, 11) is 0. The maximum atomic E-state index is 12.1. The molecule has 5 nitrogen and oxygen atoms in total. The first-order chi connectivity index (χ1) is 8.72. The maximum Gasteiger partial charge on any atom is 0.228 e. The molecule has 1 heterocycles. The molecule has 1 aromatic rings. The highest BCUT2D eigenvalue weighted by atomic mass is 16.5. The molecule has 0 saturated heterocycles. The van der Waals surface area contributed by atoms with Crippen LogP contribution in [-0.4, -0.2) is 22.6 Å². The lowest BCUT2D eigenvalue weighted by Crippen LogP contribution is -2.34. The van der Waals surface area contributed by atoms with Gasteiger partial charge in [-0.25, -0.2) is 0 Å². The van der Waals surface area contributed by atoms with Crippen LogP contribution in [0.5, 0.6) is 0 Å². The van der Waals surface area contributed by atoms with E-state index in [-0.39, 0.29) is 11.8 Å². The van der Waals surface area contributed by atoms with Crippen molar-refractivity contribution in [2.24, 2.45) is 17.8 Å². The van der Waals surface area contributed by atoms with Crippen LogP contribution in [0.15, 0.2) is 4.52 Å². The Balaban J connectivity index is 1.44. The molecule has 3 unspecified atom stereocenters. The van der Waals surface area contributed by atoms with E-state index < -0.39 is 0 Å². The molecule has 2 aliphatic rings. The summed E-state index contributed by atoms with van der Waals surface area (Å²) in [5.41, 5.74) is 0. The molecular weight excluding hydrogens is 230 g/mol. The van der Waals surface area contributed by atoms with Crippen molar-refractivity contribution in [1.82, 2.24) is 15.5 Å². The molecule has 2 fully saturated rings. The van der Waals surface area contributed by atoms with Crippen LogP contribution in [0.1, 0.15) is 37.4 Å². The zero-order valence-corrected chi connectivity index (χ0v) is 10.7. The van der Waals surface area contributed by atoms with Gasteiger partial charge in [0.2, 0.25) is 11.8 Å². The molecule has 5 heteroatoms. The second kappa shape index (κ2) is 4.71. The topological polar surface area (TPSA) is 68.0 Å². The van der Waals surface area contributed by atoms with Crippen LogP contribution in [0.25, 0.3) is 0 Å². The quantitative estimate of drug-likeness (QED) is 0.877. The number of hydrogen-bond acceptors (Lipinski definition) is 4. The van der Waals surface area contributed by atoms with E-state index in [1.54, 1.807) is 6.92 Å². The Morgan fingerprint density at radius 3 is 2.94 bits per heavy atom. The number of aromatic nitrogens is 2. The molecule has 0 aromatic carbocycles. The van der Waals surface area contributed by atoms with Crippen LogP contribution in [0.3, 0.4) is 0 Å². The van der Waals surface area contributed by atoms with Gasteiger partial charge < -0.3 is 9.84 Å². The summed E-state index contributed by atoms with van der Waals surface area (Å²) in [6, 6.07) is 0. The van der Waals surface area contributed by atoms with Gasteiger partial charge in [0, 0.05) is 18.9 Å². The summed E-state index contributed by atoms with van der Waals surface area (Å²) in [4.78, 5) is 16.2. The van der Waals surface area contributed by atoms with Gasteiger partial charge in [0.25, 0.3) is 0 Å². The van der Waals surface area contributed by atoms with Crippen LogP contribution in [0, 0.1) is 24.7 Å². The highest BCUT2D eigenvalue weighted by molar-refractivity contribution is 5.79. The molecule has 18 heavy (non-hydrogen) atoms. The van der Waals surface area contributed by atoms with Crippen LogP contribution >= 0.6 is 0 Å². The highest BCUT2D eigenvalue weighted by Crippen LogP contribution is 2.48. The minimum Gasteiger partial charge on any atom is -0.355 e. The Labute approximate surface area is 106 Å². The monoisotopic (exact) mass is 249 g/mol. The Kier molecular flexibility index (Phi) is 3.06. The Morgan fingerprint density at radius 2 is 2.33 bits per heavy atom. The van der Waals surface area contributed by atoms with Crippen molar-refractivity contribution >= 4 is 5.91 Å². The lowest BCUT2D eigenvalue weighted by atomic mass is 9.88. The zero-order chi connectivity index (χ0) is 12.5. The van der Waals surface area contributed by atoms with Gasteiger partial charge in [-0.1, -0.05) is 11.6 Å². The lowest BCUT2D eigenvalue weighted by molar-refractivity contribution is -0.126. The highest BCUT2D eigenvalue weighted by Gasteiger charge is 2.42. The molecular formula is C13H19N3O2. The third-order valence-electron chi connectivity index (χ3n) is 4.28. The standard InChI is InChI=1S/C13H19N3O2/c1-8-15-12(18-16-8)4-5-14-13(17)11-7-9-2-3-10(11)6-9/h9-11H,2-7H2,1H3,(H,14,17). The number of nitrogens with one attached hydrogen (secondary N) is 1. The number of amides is 1. The minimum atomic E-state index is 0.221. The average molecular weight is 249 g/mol. The summed E-state index contributed by atoms with van der Waals surface area (Å²) >= 11 is 0. The third kappa shape index (κ3) is 2.26. The summed E-state index contributed by atoms with van der Waals surface area (Å²) in [6.45, 7) is 2.38. The minimum absolute atomic E-state index is 0.221. The number of hydrogen-bond donors (Lipinski definition) is 1. The molecule has 0 radical (unpaired) electrons. The second-order valence-corrected chi connectivity index (χ2v) is 5.56. The van der Waals surface area contributed by atoms with Crippen LogP contribution in [0.4, 0.5) is 0 Å². The normalized spacial score (nSPS) is 29.7. The summed E-state index contributed by atoms with van der Waals surface area (Å²) in [5.74, 6) is 3.17. The van der Waals surface area contributed by atoms with Gasteiger partial charge >= 0.3 is 0 Å². The van der Waals surface area contributed by atoms with Gasteiger partial charge in [0.15, 0.2) is 5.82 Å². The van der Waals surface area contributed by atoms with Gasteiger partial charge in [-0.2, -0.15) is 4.98 Å². The molecule has 1 amide bonds. The van der Waals surface area contributed by atoms with Crippen LogP contribution in [-0.2, 0) is 11.2 Å². The number of nitrogens with zero attached hydrogens (tertiary/aromatic N) is 2. The first-order valence-corrected chi connectivity index (χ1v) is 6.79. The SMILES string of the molecule is Cc1noc(CCNC(=O)C2CC3CCC2C3)n1. The molecule has 1 aromatic heterocycles. The van der Waals surface area contributed by atoms with Gasteiger partial charge in [-0.3, -0.25) is 4.79 Å². The summed E-state index contributed by atoms with van der Waals surface area (Å²) in [6.07, 6.45) is 5.55. The fraction of sp³-hybridized carbons (Fsp3) is 0.769. The zero-order valence-electron chi connectivity index (χ0n) is 10.7. The molecule has 2 saturated carbocycles. The summed E-state index contributed by atoms with van der Waals surface area (Å²) < 4.78 is 5.01. The number of fused-ring (bicyclic) bond motifs is 2. The fourth-order valence-corrected chi connectivity index (χ4v) is 3.43. The molecule has 2 aliphatic carbocycles. The molecule has 0 aliphatic heterocycles. The van der Waals surface area contributed by atoms with E-state index in [4.69, 9.17) is 4.52 Å². The number of carbonyl (C=O) groups excluding carboxylic acids is 1. The Bertz CT molecular complexity index is 443. The predicted molar refractivity (Wildman–Crippen MR) is 64.7 cm³/mol. The van der Waals surface area contributed by atoms with Crippen LogP contribution < -0.4 is 5.32 Å². The van der Waals surface area contributed by atoms with E-state index in [1.807, 2.05) is 0 Å². The van der Waals surface area contributed by atoms with Crippen molar-refractivity contribution in [1.29, 1.82) is 0 Å². The van der Waals surface area contributed by atoms with Crippen molar-refractivity contribution in [2.45, 2.75) is 39.0 Å². The van der Waals surface area contributed by atoms with Gasteiger partial charge in [0.1, 0.15) is 0 Å². The second-order valence-electron chi connectivity index (χ2n) is 5.56. The first kappa shape index (κ1) is 11.7. The smallest absolute Gasteiger partial charge is 0.228 e. The van der Waals surface area contributed by atoms with E-state index in [0.29, 0.717) is 30.6 Å². The van der Waals surface area contributed by atoms with Crippen molar-refractivity contribution in [3.05, 3.63) is 11.7 Å². The van der Waals surface area contributed by atoms with Crippen molar-refractivity contribution in [3.63, 3.8) is 0 Å². The van der Waals surface area contributed by atoms with Gasteiger partial charge in [0.05, 0.1) is 0 Å². The van der Waals surface area contributed by atoms with E-state index in [9.17, 15) is 4.79 Å². The molecule has 2 bridgehead atoms. The van der Waals surface area contributed by atoms with E-state index in [1.165, 1.54) is 19.3 Å². The Morgan fingerprint density at radius 1 is 1.44 bits per heavy atom. The van der Waals surface area contributed by atoms with Crippen molar-refractivity contribution in [2.75, 3.05) is 6.54 Å². The van der Waals surface area contributed by atoms with Crippen molar-refractivity contribution < 1.29 is 9.32 Å². The van der Waals surface area contributed by atoms with E-state index in [0.717, 1.165) is 12.3 Å². The number of rotatable bonds is 4. The molecule has 98 valence electrons. The van der Waals surface area contributed by atoms with E-state index in [2.05, 4.69) is 15.5 Å². The van der Waals surface area contributed by atoms with E-state index >= 15 is 0 Å². The number of carbonyl (C=O) groups is 1. The van der Waals surface area contributed by atoms with Gasteiger partial charge in [-0.15, -0.1) is 0 Å². The van der Waals surface area contributed by atoms with Crippen LogP contribution in [0.2, 0.25) is 0 Å². The fourth-order valence-electron chi connectivity index (χ4n) is 3.43. The summed E-state index contributed by atoms with van der Waals surface area (Å²) in [5, 5.41) is 6.72. The lowest BCUT2D eigenvalue weighted by Gasteiger charge is -2.20. The van der Waals surface area contributed by atoms with Gasteiger partial charge in [-0.05, 0) is 38.0 Å². The molecule has 3 atom stereocenters. The molecule has 1 N–H and O–H groups in total. The maximum absolute atomic E-state index is 12.1. The Hall–Kier alpha value is -1.39.